The number of methoxy groups -OCH3 is 2. The molecule has 0 aromatic rings. The summed E-state index contributed by atoms with van der Waals surface area (Å²) in [7, 11) is 3.24. The van der Waals surface area contributed by atoms with Crippen LogP contribution in [0.5, 0.6) is 0 Å². The lowest BCUT2D eigenvalue weighted by Crippen LogP contribution is -2.46. The maximum Gasteiger partial charge on any atom is 0.231 e. The van der Waals surface area contributed by atoms with Gasteiger partial charge in [0.1, 0.15) is 0 Å². The average molecular weight is 238 g/mol. The quantitative estimate of drug-likeness (QED) is 0.708. The van der Waals surface area contributed by atoms with Crippen LogP contribution in [0, 0.1) is 0 Å². The zero-order valence-electron chi connectivity index (χ0n) is 10.3. The first-order valence-electron chi connectivity index (χ1n) is 5.73. The van der Waals surface area contributed by atoms with Crippen LogP contribution in [0.3, 0.4) is 0 Å². The Bertz CT molecular complexity index is 356. The molecule has 0 aromatic carbocycles. The van der Waals surface area contributed by atoms with Crippen LogP contribution >= 0.6 is 0 Å². The molecule has 6 nitrogen and oxygen atoms in total. The molecule has 0 unspecified atom stereocenters. The average Bonchev–Trinajstić information content (AvgIpc) is 2.61. The Balaban J connectivity index is 2.20. The molecule has 0 amide bonds. The number of hydrogen-bond donors (Lipinski definition) is 1. The van der Waals surface area contributed by atoms with Crippen molar-refractivity contribution in [3.05, 3.63) is 12.0 Å². The van der Waals surface area contributed by atoms with Crippen LogP contribution in [0.15, 0.2) is 21.9 Å². The Hall–Kier alpha value is -1.56. The van der Waals surface area contributed by atoms with Gasteiger partial charge in [0.25, 0.3) is 0 Å². The summed E-state index contributed by atoms with van der Waals surface area (Å²) in [5.74, 6) is 1.93. The molecule has 6 heteroatoms. The van der Waals surface area contributed by atoms with Crippen LogP contribution < -0.4 is 5.32 Å². The molecule has 1 saturated heterocycles. The Morgan fingerprint density at radius 1 is 1.18 bits per heavy atom. The fourth-order valence-corrected chi connectivity index (χ4v) is 1.77. The van der Waals surface area contributed by atoms with Gasteiger partial charge >= 0.3 is 0 Å². The molecule has 0 aromatic heterocycles. The Labute approximate surface area is 101 Å². The smallest absolute Gasteiger partial charge is 0.231 e. The van der Waals surface area contributed by atoms with Crippen LogP contribution in [0.25, 0.3) is 0 Å². The van der Waals surface area contributed by atoms with Gasteiger partial charge in [0.2, 0.25) is 11.8 Å². The summed E-state index contributed by atoms with van der Waals surface area (Å²) in [4.78, 5) is 11.0. The van der Waals surface area contributed by atoms with E-state index in [1.165, 1.54) is 0 Å². The molecular weight excluding hydrogens is 220 g/mol. The van der Waals surface area contributed by atoms with Crippen molar-refractivity contribution in [2.24, 2.45) is 9.98 Å². The minimum absolute atomic E-state index is 0.592. The summed E-state index contributed by atoms with van der Waals surface area (Å²) in [5.41, 5.74) is 0. The molecule has 0 atom stereocenters. The second-order valence-electron chi connectivity index (χ2n) is 3.81. The molecule has 1 fully saturated rings. The van der Waals surface area contributed by atoms with Crippen molar-refractivity contribution < 1.29 is 9.47 Å². The zero-order valence-corrected chi connectivity index (χ0v) is 10.3. The number of nitrogens with one attached hydrogen (secondary N) is 1. The van der Waals surface area contributed by atoms with Gasteiger partial charge in [-0.3, -0.25) is 0 Å². The monoisotopic (exact) mass is 238 g/mol. The molecule has 0 aliphatic carbocycles. The van der Waals surface area contributed by atoms with E-state index in [-0.39, 0.29) is 0 Å². The lowest BCUT2D eigenvalue weighted by Gasteiger charge is -2.28. The summed E-state index contributed by atoms with van der Waals surface area (Å²) in [6.45, 7) is 3.69. The van der Waals surface area contributed by atoms with Crippen molar-refractivity contribution in [3.8, 4) is 0 Å². The largest absolute Gasteiger partial charge is 0.484 e. The molecule has 0 spiro atoms. The van der Waals surface area contributed by atoms with Gasteiger partial charge in [0.05, 0.1) is 14.2 Å². The Morgan fingerprint density at radius 3 is 2.59 bits per heavy atom. The van der Waals surface area contributed by atoms with E-state index in [2.05, 4.69) is 20.2 Å². The maximum absolute atomic E-state index is 5.21. The molecule has 0 saturated carbocycles. The third-order valence-electron chi connectivity index (χ3n) is 2.73. The number of nitrogens with zero attached hydrogens (tertiary/aromatic N) is 3. The first-order chi connectivity index (χ1) is 8.33. The topological polar surface area (TPSA) is 58.5 Å². The minimum atomic E-state index is 0.592. The molecular formula is C11H18N4O2. The predicted octanol–water partition coefficient (Wildman–Crippen LogP) is 0.184. The first kappa shape index (κ1) is 11.9. The lowest BCUT2D eigenvalue weighted by atomic mass is 10.4. The third kappa shape index (κ3) is 2.97. The molecule has 2 heterocycles. The molecule has 2 aliphatic heterocycles. The van der Waals surface area contributed by atoms with Gasteiger partial charge in [0, 0.05) is 32.6 Å². The number of rotatable bonds is 1. The van der Waals surface area contributed by atoms with Crippen LogP contribution in [-0.4, -0.2) is 57.2 Å². The number of ether oxygens (including phenoxy) is 2. The fraction of sp³-hybridized carbons (Fsp3) is 0.636. The highest BCUT2D eigenvalue weighted by molar-refractivity contribution is 5.95. The fourth-order valence-electron chi connectivity index (χ4n) is 1.77. The van der Waals surface area contributed by atoms with Gasteiger partial charge in [-0.1, -0.05) is 0 Å². The van der Waals surface area contributed by atoms with Crippen molar-refractivity contribution in [2.45, 2.75) is 6.42 Å². The van der Waals surface area contributed by atoms with Gasteiger partial charge in [-0.15, -0.1) is 0 Å². The Kier molecular flexibility index (Phi) is 3.98. The van der Waals surface area contributed by atoms with Gasteiger partial charge in [-0.05, 0) is 6.08 Å². The number of piperazine rings is 1. The molecule has 2 rings (SSSR count). The summed E-state index contributed by atoms with van der Waals surface area (Å²) in [6.07, 6.45) is 2.48. The number of aliphatic imine (C=N–C) groups is 2. The summed E-state index contributed by atoms with van der Waals surface area (Å²) < 4.78 is 10.4. The van der Waals surface area contributed by atoms with E-state index >= 15 is 0 Å². The van der Waals surface area contributed by atoms with E-state index in [4.69, 9.17) is 9.47 Å². The van der Waals surface area contributed by atoms with E-state index in [9.17, 15) is 0 Å². The van der Waals surface area contributed by atoms with Crippen molar-refractivity contribution in [1.82, 2.24) is 10.2 Å². The van der Waals surface area contributed by atoms with Gasteiger partial charge in [-0.2, -0.15) is 9.98 Å². The normalized spacial score (nSPS) is 21.1. The standard InChI is InChI=1S/C11H18N4O2/c1-16-9-3-4-10(17-2)14-11(13-9)15-7-5-12-6-8-15/h3,12H,4-8H2,1-2H3. The zero-order chi connectivity index (χ0) is 12.1. The Morgan fingerprint density at radius 2 is 1.94 bits per heavy atom. The molecule has 1 N–H and O–H groups in total. The number of hydrogen-bond acceptors (Lipinski definition) is 6. The van der Waals surface area contributed by atoms with Gasteiger partial charge in [-0.25, -0.2) is 0 Å². The molecule has 0 radical (unpaired) electrons. The first-order valence-corrected chi connectivity index (χ1v) is 5.73. The second kappa shape index (κ2) is 5.67. The highest BCUT2D eigenvalue weighted by Gasteiger charge is 2.17. The molecule has 0 bridgehead atoms. The lowest BCUT2D eigenvalue weighted by molar-refractivity contribution is 0.283. The van der Waals surface area contributed by atoms with Crippen molar-refractivity contribution in [2.75, 3.05) is 40.4 Å². The van der Waals surface area contributed by atoms with Crippen LogP contribution in [-0.2, 0) is 9.47 Å². The van der Waals surface area contributed by atoms with Crippen LogP contribution in [0.2, 0.25) is 0 Å². The van der Waals surface area contributed by atoms with Crippen LogP contribution in [0.4, 0.5) is 0 Å². The summed E-state index contributed by atoms with van der Waals surface area (Å²) in [5, 5.41) is 3.30. The highest BCUT2D eigenvalue weighted by Crippen LogP contribution is 2.10. The molecule has 17 heavy (non-hydrogen) atoms. The number of guanidine groups is 1. The summed E-state index contributed by atoms with van der Waals surface area (Å²) in [6, 6.07) is 0. The van der Waals surface area contributed by atoms with E-state index < -0.39 is 0 Å². The van der Waals surface area contributed by atoms with Gasteiger partial charge < -0.3 is 19.7 Å². The minimum Gasteiger partial charge on any atom is -0.484 e. The molecule has 94 valence electrons. The third-order valence-corrected chi connectivity index (χ3v) is 2.73. The van der Waals surface area contributed by atoms with Crippen molar-refractivity contribution in [3.63, 3.8) is 0 Å². The highest BCUT2D eigenvalue weighted by atomic mass is 16.5. The van der Waals surface area contributed by atoms with Crippen LogP contribution in [0.1, 0.15) is 6.42 Å². The van der Waals surface area contributed by atoms with Crippen molar-refractivity contribution in [1.29, 1.82) is 0 Å². The predicted molar refractivity (Wildman–Crippen MR) is 66.0 cm³/mol. The van der Waals surface area contributed by atoms with E-state index in [0.29, 0.717) is 24.2 Å². The SMILES string of the molecule is COC1=CCC(OC)=NC(N2CCNCC2)=N1. The maximum atomic E-state index is 5.21. The summed E-state index contributed by atoms with van der Waals surface area (Å²) >= 11 is 0. The van der Waals surface area contributed by atoms with E-state index in [1.807, 2.05) is 6.08 Å². The van der Waals surface area contributed by atoms with Crippen molar-refractivity contribution >= 4 is 11.9 Å². The second-order valence-corrected chi connectivity index (χ2v) is 3.81. The van der Waals surface area contributed by atoms with Gasteiger partial charge in [0.15, 0.2) is 5.90 Å². The van der Waals surface area contributed by atoms with E-state index in [1.54, 1.807) is 14.2 Å². The van der Waals surface area contributed by atoms with E-state index in [0.717, 1.165) is 26.2 Å². The molecule has 2 aliphatic rings.